The molecule has 0 aromatic heterocycles. The summed E-state index contributed by atoms with van der Waals surface area (Å²) in [5.41, 5.74) is 1.24. The van der Waals surface area contributed by atoms with Crippen molar-refractivity contribution in [3.05, 3.63) is 68.7 Å². The van der Waals surface area contributed by atoms with Crippen LogP contribution in [0.5, 0.6) is 0 Å². The second kappa shape index (κ2) is 6.29. The van der Waals surface area contributed by atoms with Crippen LogP contribution in [-0.4, -0.2) is 10.8 Å². The molecule has 0 aliphatic rings. The van der Waals surface area contributed by atoms with E-state index in [1.165, 1.54) is 18.2 Å². The molecule has 20 heavy (non-hydrogen) atoms. The van der Waals surface area contributed by atoms with Gasteiger partial charge in [-0.2, -0.15) is 0 Å². The summed E-state index contributed by atoms with van der Waals surface area (Å²) in [6.07, 6.45) is 0.218. The zero-order chi connectivity index (χ0) is 14.5. The monoisotopic (exact) mass is 334 g/mol. The molecule has 0 aliphatic carbocycles. The van der Waals surface area contributed by atoms with E-state index in [4.69, 9.17) is 0 Å². The average Bonchev–Trinajstić information content (AvgIpc) is 2.41. The highest BCUT2D eigenvalue weighted by molar-refractivity contribution is 9.10. The number of hydrogen-bond acceptors (Lipinski definition) is 3. The van der Waals surface area contributed by atoms with Crippen LogP contribution in [0.4, 0.5) is 11.4 Å². The van der Waals surface area contributed by atoms with E-state index in [1.54, 1.807) is 6.07 Å². The fraction of sp³-hybridized carbons (Fsp3) is 0.0714. The standard InChI is InChI=1S/C14H11BrN2O3/c15-11-6-4-10(5-7-11)8-14(18)16-12-2-1-3-13(9-12)17(19)20/h1-7,9H,8H2,(H,16,18). The van der Waals surface area contributed by atoms with Crippen molar-refractivity contribution in [1.29, 1.82) is 0 Å². The number of nitrogens with zero attached hydrogens (tertiary/aromatic N) is 1. The summed E-state index contributed by atoms with van der Waals surface area (Å²) in [7, 11) is 0. The van der Waals surface area contributed by atoms with E-state index < -0.39 is 4.92 Å². The van der Waals surface area contributed by atoms with E-state index in [1.807, 2.05) is 24.3 Å². The van der Waals surface area contributed by atoms with E-state index in [9.17, 15) is 14.9 Å². The molecule has 0 fully saturated rings. The predicted molar refractivity (Wildman–Crippen MR) is 79.6 cm³/mol. The first kappa shape index (κ1) is 14.2. The lowest BCUT2D eigenvalue weighted by Crippen LogP contribution is -2.14. The fourth-order valence-corrected chi connectivity index (χ4v) is 1.95. The van der Waals surface area contributed by atoms with Crippen molar-refractivity contribution < 1.29 is 9.72 Å². The topological polar surface area (TPSA) is 72.2 Å². The summed E-state index contributed by atoms with van der Waals surface area (Å²) in [5, 5.41) is 13.3. The van der Waals surface area contributed by atoms with Gasteiger partial charge in [-0.15, -0.1) is 0 Å². The first-order chi connectivity index (χ1) is 9.54. The molecule has 0 atom stereocenters. The molecule has 0 heterocycles. The van der Waals surface area contributed by atoms with Gasteiger partial charge in [0.25, 0.3) is 5.69 Å². The maximum Gasteiger partial charge on any atom is 0.271 e. The highest BCUT2D eigenvalue weighted by Gasteiger charge is 2.08. The molecular weight excluding hydrogens is 324 g/mol. The lowest BCUT2D eigenvalue weighted by molar-refractivity contribution is -0.384. The Kier molecular flexibility index (Phi) is 4.47. The number of hydrogen-bond donors (Lipinski definition) is 1. The van der Waals surface area contributed by atoms with E-state index in [0.717, 1.165) is 10.0 Å². The number of nitro benzene ring substituents is 1. The number of nitrogens with one attached hydrogen (secondary N) is 1. The molecule has 2 aromatic carbocycles. The zero-order valence-electron chi connectivity index (χ0n) is 10.4. The van der Waals surface area contributed by atoms with Crippen LogP contribution in [0, 0.1) is 10.1 Å². The molecule has 1 amide bonds. The Morgan fingerprint density at radius 2 is 1.90 bits per heavy atom. The van der Waals surface area contributed by atoms with Gasteiger partial charge in [0.15, 0.2) is 0 Å². The highest BCUT2D eigenvalue weighted by atomic mass is 79.9. The molecule has 102 valence electrons. The van der Waals surface area contributed by atoms with Crippen LogP contribution in [0.1, 0.15) is 5.56 Å². The number of benzene rings is 2. The third-order valence-electron chi connectivity index (χ3n) is 2.62. The molecular formula is C14H11BrN2O3. The Balaban J connectivity index is 2.02. The molecule has 0 unspecified atom stereocenters. The average molecular weight is 335 g/mol. The van der Waals surface area contributed by atoms with Gasteiger partial charge in [-0.05, 0) is 23.8 Å². The molecule has 2 rings (SSSR count). The number of carbonyl (C=O) groups excluding carboxylic acids is 1. The molecule has 0 radical (unpaired) electrons. The molecule has 0 aliphatic heterocycles. The summed E-state index contributed by atoms with van der Waals surface area (Å²) in [5.74, 6) is -0.215. The Hall–Kier alpha value is -2.21. The van der Waals surface area contributed by atoms with Gasteiger partial charge < -0.3 is 5.32 Å². The summed E-state index contributed by atoms with van der Waals surface area (Å²) >= 11 is 3.32. The predicted octanol–water partition coefficient (Wildman–Crippen LogP) is 3.54. The van der Waals surface area contributed by atoms with Gasteiger partial charge in [0.1, 0.15) is 0 Å². The van der Waals surface area contributed by atoms with Crippen LogP contribution in [0.2, 0.25) is 0 Å². The first-order valence-electron chi connectivity index (χ1n) is 5.83. The Labute approximate surface area is 123 Å². The molecule has 2 aromatic rings. The van der Waals surface area contributed by atoms with Gasteiger partial charge >= 0.3 is 0 Å². The largest absolute Gasteiger partial charge is 0.326 e. The summed E-state index contributed by atoms with van der Waals surface area (Å²) in [6, 6.07) is 13.3. The van der Waals surface area contributed by atoms with Crippen LogP contribution in [0.3, 0.4) is 0 Å². The molecule has 0 spiro atoms. The minimum atomic E-state index is -0.496. The summed E-state index contributed by atoms with van der Waals surface area (Å²) in [4.78, 5) is 22.0. The van der Waals surface area contributed by atoms with Gasteiger partial charge in [0.2, 0.25) is 5.91 Å². The van der Waals surface area contributed by atoms with Crippen LogP contribution >= 0.6 is 15.9 Å². The van der Waals surface area contributed by atoms with Gasteiger partial charge in [-0.3, -0.25) is 14.9 Å². The molecule has 1 N–H and O–H groups in total. The van der Waals surface area contributed by atoms with Crippen LogP contribution < -0.4 is 5.32 Å². The Bertz CT molecular complexity index is 641. The highest BCUT2D eigenvalue weighted by Crippen LogP contribution is 2.17. The summed E-state index contributed by atoms with van der Waals surface area (Å²) < 4.78 is 0.945. The van der Waals surface area contributed by atoms with Gasteiger partial charge in [-0.1, -0.05) is 34.1 Å². The fourth-order valence-electron chi connectivity index (χ4n) is 1.69. The first-order valence-corrected chi connectivity index (χ1v) is 6.62. The molecule has 0 bridgehead atoms. The maximum absolute atomic E-state index is 11.9. The number of halogens is 1. The quantitative estimate of drug-likeness (QED) is 0.686. The number of anilines is 1. The number of carbonyl (C=O) groups is 1. The zero-order valence-corrected chi connectivity index (χ0v) is 12.0. The van der Waals surface area contributed by atoms with Crippen molar-refractivity contribution in [2.45, 2.75) is 6.42 Å². The van der Waals surface area contributed by atoms with E-state index >= 15 is 0 Å². The SMILES string of the molecule is O=C(Cc1ccc(Br)cc1)Nc1cccc([N+](=O)[O-])c1. The van der Waals surface area contributed by atoms with E-state index in [0.29, 0.717) is 5.69 Å². The molecule has 0 saturated heterocycles. The van der Waals surface area contributed by atoms with Crippen molar-refractivity contribution >= 4 is 33.2 Å². The molecule has 5 nitrogen and oxygen atoms in total. The van der Waals surface area contributed by atoms with Gasteiger partial charge in [-0.25, -0.2) is 0 Å². The van der Waals surface area contributed by atoms with Crippen molar-refractivity contribution in [1.82, 2.24) is 0 Å². The lowest BCUT2D eigenvalue weighted by Gasteiger charge is -2.05. The van der Waals surface area contributed by atoms with Crippen LogP contribution in [0.15, 0.2) is 53.0 Å². The summed E-state index contributed by atoms with van der Waals surface area (Å²) in [6.45, 7) is 0. The molecule has 0 saturated carbocycles. The van der Waals surface area contributed by atoms with Crippen molar-refractivity contribution in [3.63, 3.8) is 0 Å². The van der Waals surface area contributed by atoms with Crippen LogP contribution in [-0.2, 0) is 11.2 Å². The van der Waals surface area contributed by atoms with Crippen molar-refractivity contribution in [2.24, 2.45) is 0 Å². The third-order valence-corrected chi connectivity index (χ3v) is 3.15. The van der Waals surface area contributed by atoms with Crippen molar-refractivity contribution in [3.8, 4) is 0 Å². The van der Waals surface area contributed by atoms with E-state index in [-0.39, 0.29) is 18.0 Å². The van der Waals surface area contributed by atoms with E-state index in [2.05, 4.69) is 21.2 Å². The smallest absolute Gasteiger partial charge is 0.271 e. The third kappa shape index (κ3) is 3.89. The number of nitro groups is 1. The van der Waals surface area contributed by atoms with Gasteiger partial charge in [0, 0.05) is 22.3 Å². The Morgan fingerprint density at radius 1 is 1.20 bits per heavy atom. The lowest BCUT2D eigenvalue weighted by atomic mass is 10.1. The number of rotatable bonds is 4. The number of non-ortho nitro benzene ring substituents is 1. The van der Waals surface area contributed by atoms with Crippen LogP contribution in [0.25, 0.3) is 0 Å². The second-order valence-corrected chi connectivity index (χ2v) is 5.07. The maximum atomic E-state index is 11.9. The minimum Gasteiger partial charge on any atom is -0.326 e. The normalized spacial score (nSPS) is 10.1. The molecule has 6 heteroatoms. The number of amides is 1. The van der Waals surface area contributed by atoms with Gasteiger partial charge in [0.05, 0.1) is 11.3 Å². The second-order valence-electron chi connectivity index (χ2n) is 4.16. The minimum absolute atomic E-state index is 0.0496. The van der Waals surface area contributed by atoms with Crippen molar-refractivity contribution in [2.75, 3.05) is 5.32 Å². The Morgan fingerprint density at radius 3 is 2.55 bits per heavy atom.